The molecule has 0 fully saturated rings. The van der Waals surface area contributed by atoms with Crippen LogP contribution in [0.2, 0.25) is 5.02 Å². The van der Waals surface area contributed by atoms with Crippen molar-refractivity contribution in [3.63, 3.8) is 0 Å². The van der Waals surface area contributed by atoms with Gasteiger partial charge in [0.05, 0.1) is 12.8 Å². The van der Waals surface area contributed by atoms with Crippen LogP contribution in [0, 0.1) is 0 Å². The van der Waals surface area contributed by atoms with Gasteiger partial charge in [0, 0.05) is 37.1 Å². The highest BCUT2D eigenvalue weighted by Crippen LogP contribution is 2.31. The summed E-state index contributed by atoms with van der Waals surface area (Å²) in [6.07, 6.45) is 0.192. The van der Waals surface area contributed by atoms with Crippen molar-refractivity contribution < 1.29 is 14.3 Å². The lowest BCUT2D eigenvalue weighted by Gasteiger charge is -2.26. The lowest BCUT2D eigenvalue weighted by Crippen LogP contribution is -2.36. The maximum absolute atomic E-state index is 12.7. The minimum atomic E-state index is -0.180. The second-order valence-electron chi connectivity index (χ2n) is 5.71. The average molecular weight is 375 g/mol. The Morgan fingerprint density at radius 3 is 2.35 bits per heavy atom. The van der Waals surface area contributed by atoms with E-state index in [0.717, 1.165) is 5.69 Å². The van der Waals surface area contributed by atoms with E-state index in [4.69, 9.17) is 16.3 Å². The van der Waals surface area contributed by atoms with E-state index in [1.807, 2.05) is 37.3 Å². The first-order chi connectivity index (χ1) is 12.5. The number of hydrogen-bond acceptors (Lipinski definition) is 3. The van der Waals surface area contributed by atoms with Crippen LogP contribution in [0.5, 0.6) is 5.75 Å². The Labute approximate surface area is 159 Å². The fourth-order valence-electron chi connectivity index (χ4n) is 2.77. The molecule has 0 aliphatic carbocycles. The molecule has 0 bridgehead atoms. The van der Waals surface area contributed by atoms with E-state index in [2.05, 4.69) is 0 Å². The summed E-state index contributed by atoms with van der Waals surface area (Å²) in [4.78, 5) is 28.1. The van der Waals surface area contributed by atoms with Gasteiger partial charge in [-0.15, -0.1) is 0 Å². The minimum absolute atomic E-state index is 0.0501. The lowest BCUT2D eigenvalue weighted by molar-refractivity contribution is -0.118. The summed E-state index contributed by atoms with van der Waals surface area (Å²) in [7, 11) is 1.53. The zero-order valence-electron chi connectivity index (χ0n) is 15.2. The maximum atomic E-state index is 12.7. The SMILES string of the molecule is CCN(C(=O)CCN(C(C)=O)c1cc(Cl)ccc1OC)c1ccccc1. The van der Waals surface area contributed by atoms with Crippen molar-refractivity contribution in [2.75, 3.05) is 30.0 Å². The van der Waals surface area contributed by atoms with Crippen molar-refractivity contribution in [1.29, 1.82) is 0 Å². The Hall–Kier alpha value is -2.53. The van der Waals surface area contributed by atoms with Crippen molar-refractivity contribution in [3.8, 4) is 5.75 Å². The molecule has 5 nitrogen and oxygen atoms in total. The van der Waals surface area contributed by atoms with E-state index in [0.29, 0.717) is 23.0 Å². The summed E-state index contributed by atoms with van der Waals surface area (Å²) in [5.74, 6) is 0.305. The molecule has 2 rings (SSSR count). The number of carbonyl (C=O) groups excluding carboxylic acids is 2. The van der Waals surface area contributed by atoms with Crippen LogP contribution >= 0.6 is 11.6 Å². The molecule has 0 spiro atoms. The fourth-order valence-corrected chi connectivity index (χ4v) is 2.94. The molecule has 2 aromatic rings. The summed E-state index contributed by atoms with van der Waals surface area (Å²) in [5, 5.41) is 0.498. The van der Waals surface area contributed by atoms with E-state index in [-0.39, 0.29) is 24.8 Å². The molecular weight excluding hydrogens is 352 g/mol. The van der Waals surface area contributed by atoms with Gasteiger partial charge in [-0.1, -0.05) is 29.8 Å². The molecule has 138 valence electrons. The van der Waals surface area contributed by atoms with Gasteiger partial charge in [0.1, 0.15) is 5.75 Å². The molecule has 2 amide bonds. The third-order valence-corrected chi connectivity index (χ3v) is 4.28. The standard InChI is InChI=1S/C20H23ClN2O3/c1-4-22(17-8-6-5-7-9-17)20(25)12-13-23(15(2)24)18-14-16(21)10-11-19(18)26-3/h5-11,14H,4,12-13H2,1-3H3. The van der Waals surface area contributed by atoms with Crippen LogP contribution in [0.3, 0.4) is 0 Å². The third-order valence-electron chi connectivity index (χ3n) is 4.05. The number of hydrogen-bond donors (Lipinski definition) is 0. The Balaban J connectivity index is 2.17. The second-order valence-corrected chi connectivity index (χ2v) is 6.15. The van der Waals surface area contributed by atoms with Gasteiger partial charge in [-0.25, -0.2) is 0 Å². The van der Waals surface area contributed by atoms with Gasteiger partial charge >= 0.3 is 0 Å². The largest absolute Gasteiger partial charge is 0.495 e. The highest BCUT2D eigenvalue weighted by molar-refractivity contribution is 6.31. The van der Waals surface area contributed by atoms with Crippen LogP contribution in [0.25, 0.3) is 0 Å². The van der Waals surface area contributed by atoms with E-state index < -0.39 is 0 Å². The first kappa shape index (κ1) is 19.8. The summed E-state index contributed by atoms with van der Waals surface area (Å²) in [6.45, 7) is 4.19. The lowest BCUT2D eigenvalue weighted by atomic mass is 10.2. The Morgan fingerprint density at radius 2 is 1.77 bits per heavy atom. The molecule has 0 saturated heterocycles. The van der Waals surface area contributed by atoms with E-state index in [1.54, 1.807) is 23.1 Å². The molecule has 0 aliphatic rings. The van der Waals surface area contributed by atoms with Gasteiger partial charge in [-0.2, -0.15) is 0 Å². The van der Waals surface area contributed by atoms with Crippen molar-refractivity contribution in [2.24, 2.45) is 0 Å². The van der Waals surface area contributed by atoms with Crippen LogP contribution < -0.4 is 14.5 Å². The Kier molecular flexibility index (Phi) is 7.04. The maximum Gasteiger partial charge on any atom is 0.228 e. The number of ether oxygens (including phenoxy) is 1. The first-order valence-electron chi connectivity index (χ1n) is 8.45. The number of halogens is 1. The number of nitrogens with zero attached hydrogens (tertiary/aromatic N) is 2. The number of carbonyl (C=O) groups is 2. The monoisotopic (exact) mass is 374 g/mol. The average Bonchev–Trinajstić information content (AvgIpc) is 2.63. The van der Waals surface area contributed by atoms with Crippen LogP contribution in [-0.2, 0) is 9.59 Å². The summed E-state index contributed by atoms with van der Waals surface area (Å²) in [5.41, 5.74) is 1.40. The van der Waals surface area contributed by atoms with Crippen LogP contribution in [-0.4, -0.2) is 32.0 Å². The quantitative estimate of drug-likeness (QED) is 0.731. The summed E-state index contributed by atoms with van der Waals surface area (Å²) >= 11 is 6.07. The predicted molar refractivity (Wildman–Crippen MR) is 105 cm³/mol. The highest BCUT2D eigenvalue weighted by atomic mass is 35.5. The van der Waals surface area contributed by atoms with Gasteiger partial charge in [0.25, 0.3) is 0 Å². The Morgan fingerprint density at radius 1 is 1.08 bits per heavy atom. The molecule has 0 aromatic heterocycles. The minimum Gasteiger partial charge on any atom is -0.495 e. The van der Waals surface area contributed by atoms with Gasteiger partial charge in [-0.3, -0.25) is 9.59 Å². The van der Waals surface area contributed by atoms with Gasteiger partial charge < -0.3 is 14.5 Å². The van der Waals surface area contributed by atoms with Gasteiger partial charge in [-0.05, 0) is 37.3 Å². The third kappa shape index (κ3) is 4.76. The van der Waals surface area contributed by atoms with E-state index >= 15 is 0 Å². The van der Waals surface area contributed by atoms with Gasteiger partial charge in [0.2, 0.25) is 11.8 Å². The van der Waals surface area contributed by atoms with Crippen LogP contribution in [0.15, 0.2) is 48.5 Å². The number of benzene rings is 2. The molecule has 0 atom stereocenters. The number of para-hydroxylation sites is 1. The highest BCUT2D eigenvalue weighted by Gasteiger charge is 2.20. The summed E-state index contributed by atoms with van der Waals surface area (Å²) in [6, 6.07) is 14.5. The molecule has 0 N–H and O–H groups in total. The van der Waals surface area contributed by atoms with Crippen molar-refractivity contribution in [3.05, 3.63) is 53.6 Å². The number of methoxy groups -OCH3 is 1. The van der Waals surface area contributed by atoms with Crippen LogP contribution in [0.1, 0.15) is 20.3 Å². The molecule has 2 aromatic carbocycles. The van der Waals surface area contributed by atoms with E-state index in [9.17, 15) is 9.59 Å². The number of rotatable bonds is 7. The molecule has 0 heterocycles. The van der Waals surface area contributed by atoms with Crippen molar-refractivity contribution >= 4 is 34.8 Å². The molecular formula is C20H23ClN2O3. The van der Waals surface area contributed by atoms with Gasteiger partial charge in [0.15, 0.2) is 0 Å². The summed E-state index contributed by atoms with van der Waals surface area (Å²) < 4.78 is 5.33. The normalized spacial score (nSPS) is 10.3. The van der Waals surface area contributed by atoms with Crippen molar-refractivity contribution in [2.45, 2.75) is 20.3 Å². The number of amides is 2. The first-order valence-corrected chi connectivity index (χ1v) is 8.82. The van der Waals surface area contributed by atoms with Crippen molar-refractivity contribution in [1.82, 2.24) is 0 Å². The fraction of sp³-hybridized carbons (Fsp3) is 0.300. The van der Waals surface area contributed by atoms with E-state index in [1.165, 1.54) is 18.9 Å². The smallest absolute Gasteiger partial charge is 0.228 e. The number of anilines is 2. The zero-order chi connectivity index (χ0) is 19.1. The molecule has 0 saturated carbocycles. The zero-order valence-corrected chi connectivity index (χ0v) is 16.0. The molecule has 0 aliphatic heterocycles. The van der Waals surface area contributed by atoms with Crippen LogP contribution in [0.4, 0.5) is 11.4 Å². The molecule has 0 radical (unpaired) electrons. The Bertz CT molecular complexity index is 765. The molecule has 0 unspecified atom stereocenters. The molecule has 6 heteroatoms. The predicted octanol–water partition coefficient (Wildman–Crippen LogP) is 4.14. The topological polar surface area (TPSA) is 49.9 Å². The second kappa shape index (κ2) is 9.25. The molecule has 26 heavy (non-hydrogen) atoms.